The second-order valence-corrected chi connectivity index (χ2v) is 4.46. The van der Waals surface area contributed by atoms with E-state index in [1.54, 1.807) is 0 Å². The van der Waals surface area contributed by atoms with E-state index in [1.165, 1.54) is 0 Å². The molecule has 3 unspecified atom stereocenters. The molecule has 0 amide bonds. The standard InChI is InChI=1S/C11H24N2O3S/c1-2-3-4-5-13-9(7-17)11(16)10(15)8(12)6-14/h8-10,13-15,17H,2-7,12H2,1H3. The molecule has 5 nitrogen and oxygen atoms in total. The SMILES string of the molecule is CCCCCNC(CS)C(=O)C(O)C(N)CO. The molecule has 6 heteroatoms. The van der Waals surface area contributed by atoms with Crippen molar-refractivity contribution in [3.63, 3.8) is 0 Å². The third-order valence-corrected chi connectivity index (χ3v) is 2.97. The lowest BCUT2D eigenvalue weighted by molar-refractivity contribution is -0.130. The van der Waals surface area contributed by atoms with Crippen LogP contribution in [0.3, 0.4) is 0 Å². The number of unbranched alkanes of at least 4 members (excludes halogenated alkanes) is 2. The number of aliphatic hydroxyl groups is 2. The van der Waals surface area contributed by atoms with Gasteiger partial charge in [0.25, 0.3) is 0 Å². The molecule has 0 aromatic carbocycles. The summed E-state index contributed by atoms with van der Waals surface area (Å²) < 4.78 is 0. The van der Waals surface area contributed by atoms with E-state index in [2.05, 4.69) is 24.9 Å². The summed E-state index contributed by atoms with van der Waals surface area (Å²) in [7, 11) is 0. The molecule has 0 aliphatic rings. The van der Waals surface area contributed by atoms with Gasteiger partial charge in [0.2, 0.25) is 0 Å². The molecule has 5 N–H and O–H groups in total. The van der Waals surface area contributed by atoms with Crippen LogP contribution in [0.25, 0.3) is 0 Å². The maximum atomic E-state index is 11.8. The molecule has 0 aliphatic heterocycles. The van der Waals surface area contributed by atoms with Crippen molar-refractivity contribution in [1.82, 2.24) is 5.32 Å². The van der Waals surface area contributed by atoms with Crippen LogP contribution in [0, 0.1) is 0 Å². The zero-order valence-corrected chi connectivity index (χ0v) is 11.2. The van der Waals surface area contributed by atoms with Crippen molar-refractivity contribution < 1.29 is 15.0 Å². The summed E-state index contributed by atoms with van der Waals surface area (Å²) in [5, 5.41) is 21.4. The van der Waals surface area contributed by atoms with Gasteiger partial charge in [-0.15, -0.1) is 0 Å². The average molecular weight is 264 g/mol. The van der Waals surface area contributed by atoms with E-state index in [9.17, 15) is 9.90 Å². The molecule has 0 aromatic heterocycles. The van der Waals surface area contributed by atoms with Crippen LogP contribution in [0.15, 0.2) is 0 Å². The van der Waals surface area contributed by atoms with Crippen LogP contribution in [0.5, 0.6) is 0 Å². The van der Waals surface area contributed by atoms with Crippen LogP contribution in [0.1, 0.15) is 26.2 Å². The highest BCUT2D eigenvalue weighted by molar-refractivity contribution is 7.80. The van der Waals surface area contributed by atoms with E-state index >= 15 is 0 Å². The highest BCUT2D eigenvalue weighted by Gasteiger charge is 2.28. The van der Waals surface area contributed by atoms with E-state index in [0.29, 0.717) is 12.3 Å². The summed E-state index contributed by atoms with van der Waals surface area (Å²) in [6, 6.07) is -1.44. The first kappa shape index (κ1) is 16.9. The van der Waals surface area contributed by atoms with Gasteiger partial charge in [-0.1, -0.05) is 19.8 Å². The summed E-state index contributed by atoms with van der Waals surface area (Å²) >= 11 is 4.07. The fraction of sp³-hybridized carbons (Fsp3) is 0.909. The number of carbonyl (C=O) groups is 1. The molecule has 0 aliphatic carbocycles. The van der Waals surface area contributed by atoms with Gasteiger partial charge >= 0.3 is 0 Å². The van der Waals surface area contributed by atoms with Crippen LogP contribution in [-0.2, 0) is 4.79 Å². The Bertz CT molecular complexity index is 217. The van der Waals surface area contributed by atoms with Gasteiger partial charge in [0.15, 0.2) is 5.78 Å². The largest absolute Gasteiger partial charge is 0.395 e. The zero-order valence-electron chi connectivity index (χ0n) is 10.3. The third-order valence-electron chi connectivity index (χ3n) is 2.60. The quantitative estimate of drug-likeness (QED) is 0.266. The Hall–Kier alpha value is -0.140. The molecule has 0 saturated heterocycles. The minimum atomic E-state index is -1.34. The maximum absolute atomic E-state index is 11.8. The number of carbonyl (C=O) groups excluding carboxylic acids is 1. The van der Waals surface area contributed by atoms with Gasteiger partial charge < -0.3 is 21.3 Å². The van der Waals surface area contributed by atoms with Crippen molar-refractivity contribution in [3.05, 3.63) is 0 Å². The number of rotatable bonds is 10. The molecular weight excluding hydrogens is 240 g/mol. The number of nitrogens with two attached hydrogens (primary N) is 1. The van der Waals surface area contributed by atoms with Crippen molar-refractivity contribution >= 4 is 18.4 Å². The second-order valence-electron chi connectivity index (χ2n) is 4.09. The molecule has 3 atom stereocenters. The number of nitrogens with one attached hydrogen (secondary N) is 1. The Kier molecular flexibility index (Phi) is 9.76. The van der Waals surface area contributed by atoms with Crippen molar-refractivity contribution in [1.29, 1.82) is 0 Å². The number of thiol groups is 1. The van der Waals surface area contributed by atoms with Crippen LogP contribution in [0.4, 0.5) is 0 Å². The number of hydrogen-bond acceptors (Lipinski definition) is 6. The topological polar surface area (TPSA) is 95.6 Å². The molecule has 102 valence electrons. The number of ketones is 1. The van der Waals surface area contributed by atoms with E-state index in [4.69, 9.17) is 10.8 Å². The summed E-state index contributed by atoms with van der Waals surface area (Å²) in [6.07, 6.45) is 1.85. The normalized spacial score (nSPS) is 16.5. The second kappa shape index (κ2) is 9.85. The van der Waals surface area contributed by atoms with Crippen LogP contribution >= 0.6 is 12.6 Å². The Morgan fingerprint density at radius 3 is 2.59 bits per heavy atom. The molecule has 17 heavy (non-hydrogen) atoms. The molecule has 0 aromatic rings. The Morgan fingerprint density at radius 2 is 2.12 bits per heavy atom. The van der Waals surface area contributed by atoms with E-state index in [1.807, 2.05) is 0 Å². The molecule has 0 spiro atoms. The highest BCUT2D eigenvalue weighted by atomic mass is 32.1. The van der Waals surface area contributed by atoms with Gasteiger partial charge in [0.05, 0.1) is 18.7 Å². The van der Waals surface area contributed by atoms with Gasteiger partial charge in [-0.3, -0.25) is 4.79 Å². The first-order chi connectivity index (χ1) is 8.08. The van der Waals surface area contributed by atoms with Gasteiger partial charge in [-0.2, -0.15) is 12.6 Å². The third kappa shape index (κ3) is 6.38. The van der Waals surface area contributed by atoms with Gasteiger partial charge in [-0.05, 0) is 13.0 Å². The van der Waals surface area contributed by atoms with Crippen molar-refractivity contribution in [3.8, 4) is 0 Å². The number of hydrogen-bond donors (Lipinski definition) is 5. The van der Waals surface area contributed by atoms with Gasteiger partial charge in [0.1, 0.15) is 6.10 Å². The van der Waals surface area contributed by atoms with Gasteiger partial charge in [-0.25, -0.2) is 0 Å². The smallest absolute Gasteiger partial charge is 0.180 e. The Labute approximate surface area is 108 Å². The molecule has 0 bridgehead atoms. The zero-order chi connectivity index (χ0) is 13.3. The number of aliphatic hydroxyl groups excluding tert-OH is 2. The molecule has 0 radical (unpaired) electrons. The summed E-state index contributed by atoms with van der Waals surface area (Å²) in [5.74, 6) is -0.0989. The van der Waals surface area contributed by atoms with Crippen LogP contribution in [-0.4, -0.2) is 53.1 Å². The average Bonchev–Trinajstić information content (AvgIpc) is 2.36. The predicted molar refractivity (Wildman–Crippen MR) is 71.2 cm³/mol. The molecule has 0 fully saturated rings. The van der Waals surface area contributed by atoms with E-state index in [-0.39, 0.29) is 0 Å². The molecular formula is C11H24N2O3S. The number of Topliss-reactive ketones (excluding diaryl/α,β-unsaturated/α-hetero) is 1. The van der Waals surface area contributed by atoms with E-state index < -0.39 is 30.6 Å². The van der Waals surface area contributed by atoms with Crippen molar-refractivity contribution in [2.45, 2.75) is 44.4 Å². The Balaban J connectivity index is 4.11. The molecule has 0 heterocycles. The van der Waals surface area contributed by atoms with Crippen molar-refractivity contribution in [2.75, 3.05) is 18.9 Å². The first-order valence-corrected chi connectivity index (χ1v) is 6.64. The lowest BCUT2D eigenvalue weighted by Gasteiger charge is -2.21. The summed E-state index contributed by atoms with van der Waals surface area (Å²) in [4.78, 5) is 11.8. The lowest BCUT2D eigenvalue weighted by atomic mass is 10.0. The van der Waals surface area contributed by atoms with Gasteiger partial charge in [0, 0.05) is 5.75 Å². The maximum Gasteiger partial charge on any atom is 0.180 e. The van der Waals surface area contributed by atoms with Crippen LogP contribution in [0.2, 0.25) is 0 Å². The monoisotopic (exact) mass is 264 g/mol. The molecule has 0 rings (SSSR count). The van der Waals surface area contributed by atoms with Crippen LogP contribution < -0.4 is 11.1 Å². The Morgan fingerprint density at radius 1 is 1.47 bits per heavy atom. The minimum absolute atomic E-state index is 0.306. The fourth-order valence-electron chi connectivity index (χ4n) is 1.42. The lowest BCUT2D eigenvalue weighted by Crippen LogP contribution is -2.51. The van der Waals surface area contributed by atoms with E-state index in [0.717, 1.165) is 19.3 Å². The predicted octanol–water partition coefficient (Wildman–Crippen LogP) is -0.686. The summed E-state index contributed by atoms with van der Waals surface area (Å²) in [5.41, 5.74) is 5.41. The minimum Gasteiger partial charge on any atom is -0.395 e. The first-order valence-electron chi connectivity index (χ1n) is 6.00. The highest BCUT2D eigenvalue weighted by Crippen LogP contribution is 2.01. The summed E-state index contributed by atoms with van der Waals surface area (Å²) in [6.45, 7) is 2.40. The van der Waals surface area contributed by atoms with Crippen molar-refractivity contribution in [2.24, 2.45) is 5.73 Å². The molecule has 0 saturated carbocycles. The fourth-order valence-corrected chi connectivity index (χ4v) is 1.73.